The van der Waals surface area contributed by atoms with Crippen LogP contribution in [0.25, 0.3) is 5.65 Å². The molecule has 24 heavy (non-hydrogen) atoms. The Morgan fingerprint density at radius 2 is 2.21 bits per heavy atom. The molecule has 0 spiro atoms. The topological polar surface area (TPSA) is 56.5 Å². The van der Waals surface area contributed by atoms with Crippen molar-refractivity contribution in [2.24, 2.45) is 0 Å². The summed E-state index contributed by atoms with van der Waals surface area (Å²) in [6.45, 7) is 1.88. The highest BCUT2D eigenvalue weighted by molar-refractivity contribution is 7.99. The minimum absolute atomic E-state index is 0.0164. The fourth-order valence-electron chi connectivity index (χ4n) is 2.22. The Balaban J connectivity index is 1.74. The molecular formula is C16H13F2N3O2S. The quantitative estimate of drug-likeness (QED) is 0.519. The van der Waals surface area contributed by atoms with Gasteiger partial charge < -0.3 is 9.14 Å². The Morgan fingerprint density at radius 3 is 2.96 bits per heavy atom. The number of aryl methyl sites for hydroxylation is 1. The van der Waals surface area contributed by atoms with E-state index < -0.39 is 11.7 Å². The summed E-state index contributed by atoms with van der Waals surface area (Å²) in [7, 11) is 0. The minimum atomic E-state index is -2.66. The lowest BCUT2D eigenvalue weighted by molar-refractivity contribution is 0.0463. The summed E-state index contributed by atoms with van der Waals surface area (Å²) in [5, 5.41) is -0.0525. The molecular weight excluding hydrogens is 336 g/mol. The average Bonchev–Trinajstić information content (AvgIpc) is 2.97. The van der Waals surface area contributed by atoms with Crippen LogP contribution in [0.3, 0.4) is 0 Å². The van der Waals surface area contributed by atoms with Crippen molar-refractivity contribution in [1.29, 1.82) is 0 Å². The van der Waals surface area contributed by atoms with Crippen molar-refractivity contribution >= 4 is 23.4 Å². The van der Waals surface area contributed by atoms with Crippen molar-refractivity contribution in [2.75, 3.05) is 0 Å². The minimum Gasteiger partial charge on any atom is -0.455 e. The molecule has 8 heteroatoms. The van der Waals surface area contributed by atoms with E-state index in [9.17, 15) is 13.6 Å². The van der Waals surface area contributed by atoms with E-state index in [0.717, 1.165) is 11.2 Å². The largest absolute Gasteiger partial charge is 0.455 e. The predicted molar refractivity (Wildman–Crippen MR) is 85.1 cm³/mol. The first-order valence-electron chi connectivity index (χ1n) is 7.05. The highest BCUT2D eigenvalue weighted by atomic mass is 32.2. The van der Waals surface area contributed by atoms with Crippen molar-refractivity contribution in [3.63, 3.8) is 0 Å². The molecule has 0 amide bonds. The lowest BCUT2D eigenvalue weighted by Gasteiger charge is -2.07. The van der Waals surface area contributed by atoms with Gasteiger partial charge in [-0.2, -0.15) is 8.78 Å². The SMILES string of the molecule is Cc1cccn2cc(COC(=O)c3cccnc3SC(F)F)nc12. The third-order valence-electron chi connectivity index (χ3n) is 3.27. The van der Waals surface area contributed by atoms with Crippen LogP contribution in [0.2, 0.25) is 0 Å². The number of thioether (sulfide) groups is 1. The number of hydrogen-bond acceptors (Lipinski definition) is 5. The van der Waals surface area contributed by atoms with Crippen LogP contribution >= 0.6 is 11.8 Å². The Kier molecular flexibility index (Phi) is 4.75. The van der Waals surface area contributed by atoms with Gasteiger partial charge in [-0.1, -0.05) is 6.07 Å². The van der Waals surface area contributed by atoms with Crippen LogP contribution in [0.5, 0.6) is 0 Å². The molecule has 3 aromatic rings. The smallest absolute Gasteiger partial charge is 0.341 e. The highest BCUT2D eigenvalue weighted by Gasteiger charge is 2.18. The molecule has 0 bridgehead atoms. The molecule has 0 aliphatic heterocycles. The maximum absolute atomic E-state index is 12.5. The molecule has 0 atom stereocenters. The first kappa shape index (κ1) is 16.4. The Morgan fingerprint density at radius 1 is 1.38 bits per heavy atom. The number of ether oxygens (including phenoxy) is 1. The molecule has 3 rings (SSSR count). The monoisotopic (exact) mass is 349 g/mol. The van der Waals surface area contributed by atoms with E-state index in [0.29, 0.717) is 5.69 Å². The van der Waals surface area contributed by atoms with Gasteiger partial charge in [-0.05, 0) is 42.4 Å². The summed E-state index contributed by atoms with van der Waals surface area (Å²) >= 11 is 0.216. The van der Waals surface area contributed by atoms with E-state index in [1.807, 2.05) is 29.7 Å². The van der Waals surface area contributed by atoms with Gasteiger partial charge in [0.25, 0.3) is 5.76 Å². The predicted octanol–water partition coefficient (Wildman–Crippen LogP) is 3.71. The van der Waals surface area contributed by atoms with Crippen LogP contribution in [-0.4, -0.2) is 26.1 Å². The standard InChI is InChI=1S/C16H13F2N3O2S/c1-10-4-3-7-21-8-11(20-13(10)21)9-23-15(22)12-5-2-6-19-14(12)24-16(17)18/h2-8,16H,9H2,1H3. The number of carbonyl (C=O) groups excluding carboxylic acids is 1. The van der Waals surface area contributed by atoms with Crippen LogP contribution in [0.4, 0.5) is 8.78 Å². The van der Waals surface area contributed by atoms with E-state index in [4.69, 9.17) is 4.74 Å². The number of hydrogen-bond donors (Lipinski definition) is 0. The summed E-state index contributed by atoms with van der Waals surface area (Å²) in [5.74, 6) is -3.37. The number of fused-ring (bicyclic) bond motifs is 1. The molecule has 0 aromatic carbocycles. The van der Waals surface area contributed by atoms with Crippen molar-refractivity contribution in [1.82, 2.24) is 14.4 Å². The number of nitrogens with zero attached hydrogens (tertiary/aromatic N) is 3. The Hall–Kier alpha value is -2.48. The number of imidazole rings is 1. The Bertz CT molecular complexity index is 883. The van der Waals surface area contributed by atoms with Crippen LogP contribution in [0.1, 0.15) is 21.6 Å². The van der Waals surface area contributed by atoms with Crippen molar-refractivity contribution in [3.8, 4) is 0 Å². The van der Waals surface area contributed by atoms with Gasteiger partial charge >= 0.3 is 5.97 Å². The number of pyridine rings is 2. The number of rotatable bonds is 5. The Labute approximate surface area is 140 Å². The van der Waals surface area contributed by atoms with E-state index >= 15 is 0 Å². The van der Waals surface area contributed by atoms with Gasteiger partial charge in [0, 0.05) is 18.6 Å². The second-order valence-corrected chi connectivity index (χ2v) is 5.94. The van der Waals surface area contributed by atoms with E-state index in [-0.39, 0.29) is 29.0 Å². The van der Waals surface area contributed by atoms with E-state index in [2.05, 4.69) is 9.97 Å². The van der Waals surface area contributed by atoms with Gasteiger partial charge in [0.1, 0.15) is 17.3 Å². The molecule has 0 saturated carbocycles. The molecule has 0 aliphatic rings. The molecule has 124 valence electrons. The molecule has 3 heterocycles. The molecule has 0 N–H and O–H groups in total. The second-order valence-electron chi connectivity index (χ2n) is 4.97. The summed E-state index contributed by atoms with van der Waals surface area (Å²) in [5.41, 5.74) is 2.36. The normalized spacial score (nSPS) is 11.2. The molecule has 0 aliphatic carbocycles. The van der Waals surface area contributed by atoms with Gasteiger partial charge in [-0.15, -0.1) is 0 Å². The summed E-state index contributed by atoms with van der Waals surface area (Å²) in [6.07, 6.45) is 4.96. The summed E-state index contributed by atoms with van der Waals surface area (Å²) in [6, 6.07) is 6.74. The molecule has 5 nitrogen and oxygen atoms in total. The third kappa shape index (κ3) is 3.53. The third-order valence-corrected chi connectivity index (χ3v) is 4.00. The van der Waals surface area contributed by atoms with Crippen molar-refractivity contribution in [2.45, 2.75) is 24.3 Å². The first-order chi connectivity index (χ1) is 11.5. The zero-order valence-corrected chi connectivity index (χ0v) is 13.5. The number of alkyl halides is 2. The van der Waals surface area contributed by atoms with Gasteiger partial charge in [0.15, 0.2) is 0 Å². The van der Waals surface area contributed by atoms with Crippen molar-refractivity contribution < 1.29 is 18.3 Å². The highest BCUT2D eigenvalue weighted by Crippen LogP contribution is 2.26. The fraction of sp³-hybridized carbons (Fsp3) is 0.188. The maximum Gasteiger partial charge on any atom is 0.341 e. The maximum atomic E-state index is 12.5. The zero-order valence-electron chi connectivity index (χ0n) is 12.6. The first-order valence-corrected chi connectivity index (χ1v) is 7.92. The number of aromatic nitrogens is 3. The summed E-state index contributed by atoms with van der Waals surface area (Å²) < 4.78 is 32.1. The van der Waals surface area contributed by atoms with Gasteiger partial charge in [0.05, 0.1) is 11.3 Å². The molecule has 0 radical (unpaired) electrons. The number of esters is 1. The van der Waals surface area contributed by atoms with E-state index in [1.54, 1.807) is 6.20 Å². The lowest BCUT2D eigenvalue weighted by Crippen LogP contribution is -2.08. The molecule has 0 unspecified atom stereocenters. The number of halogens is 2. The summed E-state index contributed by atoms with van der Waals surface area (Å²) in [4.78, 5) is 20.3. The van der Waals surface area contributed by atoms with Gasteiger partial charge in [-0.3, -0.25) is 0 Å². The fourth-order valence-corrected chi connectivity index (χ4v) is 2.78. The lowest BCUT2D eigenvalue weighted by atomic mass is 10.3. The molecule has 0 saturated heterocycles. The van der Waals surface area contributed by atoms with Crippen LogP contribution in [0, 0.1) is 6.92 Å². The average molecular weight is 349 g/mol. The van der Waals surface area contributed by atoms with E-state index in [1.165, 1.54) is 18.3 Å². The van der Waals surface area contributed by atoms with Crippen LogP contribution < -0.4 is 0 Å². The number of carbonyl (C=O) groups is 1. The zero-order chi connectivity index (χ0) is 17.1. The van der Waals surface area contributed by atoms with Gasteiger partial charge in [0.2, 0.25) is 0 Å². The van der Waals surface area contributed by atoms with Gasteiger partial charge in [-0.25, -0.2) is 14.8 Å². The van der Waals surface area contributed by atoms with Crippen molar-refractivity contribution in [3.05, 3.63) is 59.7 Å². The second kappa shape index (κ2) is 6.96. The van der Waals surface area contributed by atoms with Crippen LogP contribution in [0.15, 0.2) is 47.9 Å². The van der Waals surface area contributed by atoms with Crippen LogP contribution in [-0.2, 0) is 11.3 Å². The molecule has 0 fully saturated rings. The molecule has 3 aromatic heterocycles.